The van der Waals surface area contributed by atoms with Crippen LogP contribution in [0.4, 0.5) is 26.3 Å². The Morgan fingerprint density at radius 3 is 1.59 bits per heavy atom. The zero-order valence-electron chi connectivity index (χ0n) is 8.15. The van der Waals surface area contributed by atoms with E-state index in [0.717, 1.165) is 0 Å². The summed E-state index contributed by atoms with van der Waals surface area (Å²) in [6, 6.07) is 0. The molecular formula is C7H6F6O4. The smallest absolute Gasteiger partial charge is 0.438 e. The van der Waals surface area contributed by atoms with Crippen LogP contribution in [0.5, 0.6) is 0 Å². The highest BCUT2D eigenvalue weighted by Crippen LogP contribution is 2.48. The third-order valence-electron chi connectivity index (χ3n) is 1.63. The molecule has 10 heteroatoms. The van der Waals surface area contributed by atoms with Gasteiger partial charge in [-0.1, -0.05) is 0 Å². The molecule has 0 radical (unpaired) electrons. The molecule has 0 saturated heterocycles. The molecular weight excluding hydrogens is 262 g/mol. The monoisotopic (exact) mass is 268 g/mol. The number of rotatable bonds is 3. The quantitative estimate of drug-likeness (QED) is 0.627. The summed E-state index contributed by atoms with van der Waals surface area (Å²) in [6.07, 6.45) is -14.6. The van der Waals surface area contributed by atoms with Gasteiger partial charge in [-0.15, -0.1) is 0 Å². The molecule has 1 N–H and O–H groups in total. The van der Waals surface area contributed by atoms with Crippen LogP contribution in [-0.2, 0) is 14.3 Å². The number of halogens is 6. The average Bonchev–Trinajstić information content (AvgIpc) is 1.96. The summed E-state index contributed by atoms with van der Waals surface area (Å²) in [5, 5.41) is 8.10. The van der Waals surface area contributed by atoms with E-state index in [4.69, 9.17) is 5.11 Å². The second kappa shape index (κ2) is 4.41. The fourth-order valence-corrected chi connectivity index (χ4v) is 0.971. The molecule has 0 aromatic rings. The molecule has 4 nitrogen and oxygen atoms in total. The lowest BCUT2D eigenvalue weighted by Gasteiger charge is -2.34. The average molecular weight is 268 g/mol. The topological polar surface area (TPSA) is 63.6 Å². The van der Waals surface area contributed by atoms with Gasteiger partial charge in [-0.25, -0.2) is 0 Å². The molecule has 100 valence electrons. The number of hydrogen-bond donors (Lipinski definition) is 1. The van der Waals surface area contributed by atoms with Crippen LogP contribution in [-0.4, -0.2) is 35.0 Å². The number of ether oxygens (including phenoxy) is 1. The minimum atomic E-state index is -6.09. The number of carboxylic acids is 1. The highest BCUT2D eigenvalue weighted by Gasteiger charge is 2.74. The van der Waals surface area contributed by atoms with Crippen molar-refractivity contribution in [2.75, 3.05) is 0 Å². The number of carboxylic acid groups (broad SMARTS) is 1. The summed E-state index contributed by atoms with van der Waals surface area (Å²) in [5.41, 5.74) is -5.03. The van der Waals surface area contributed by atoms with Crippen molar-refractivity contribution in [1.29, 1.82) is 0 Å². The van der Waals surface area contributed by atoms with E-state index in [0.29, 0.717) is 6.92 Å². The van der Waals surface area contributed by atoms with Gasteiger partial charge in [0.05, 0.1) is 0 Å². The number of esters is 1. The minimum Gasteiger partial charge on any atom is -0.481 e. The van der Waals surface area contributed by atoms with Gasteiger partial charge in [0, 0.05) is 6.92 Å². The Morgan fingerprint density at radius 2 is 1.41 bits per heavy atom. The third-order valence-corrected chi connectivity index (χ3v) is 1.63. The highest BCUT2D eigenvalue weighted by molar-refractivity contribution is 5.71. The molecule has 0 heterocycles. The third kappa shape index (κ3) is 3.24. The van der Waals surface area contributed by atoms with Crippen molar-refractivity contribution in [2.24, 2.45) is 0 Å². The molecule has 0 fully saturated rings. The van der Waals surface area contributed by atoms with Crippen LogP contribution in [0, 0.1) is 0 Å². The number of alkyl halides is 6. The summed E-state index contributed by atoms with van der Waals surface area (Å²) >= 11 is 0. The Bertz CT molecular complexity index is 285. The van der Waals surface area contributed by atoms with Crippen LogP contribution in [0.25, 0.3) is 0 Å². The van der Waals surface area contributed by atoms with Gasteiger partial charge in [-0.3, -0.25) is 9.59 Å². The van der Waals surface area contributed by atoms with E-state index in [1.807, 2.05) is 0 Å². The van der Waals surface area contributed by atoms with Crippen molar-refractivity contribution in [3.8, 4) is 0 Å². The molecule has 0 bridgehead atoms. The lowest BCUT2D eigenvalue weighted by Crippen LogP contribution is -2.60. The molecule has 17 heavy (non-hydrogen) atoms. The predicted octanol–water partition coefficient (Wildman–Crippen LogP) is 1.89. The van der Waals surface area contributed by atoms with Crippen molar-refractivity contribution in [2.45, 2.75) is 31.3 Å². The molecule has 0 aliphatic heterocycles. The van der Waals surface area contributed by atoms with E-state index in [1.165, 1.54) is 0 Å². The van der Waals surface area contributed by atoms with Crippen molar-refractivity contribution in [3.63, 3.8) is 0 Å². The maximum atomic E-state index is 12.3. The predicted molar refractivity (Wildman–Crippen MR) is 38.9 cm³/mol. The molecule has 0 amide bonds. The first-order valence-corrected chi connectivity index (χ1v) is 3.88. The molecule has 0 atom stereocenters. The first-order valence-electron chi connectivity index (χ1n) is 3.88. The van der Waals surface area contributed by atoms with Crippen molar-refractivity contribution in [3.05, 3.63) is 0 Å². The van der Waals surface area contributed by atoms with Crippen LogP contribution in [0.1, 0.15) is 13.3 Å². The van der Waals surface area contributed by atoms with E-state index in [-0.39, 0.29) is 0 Å². The van der Waals surface area contributed by atoms with Crippen molar-refractivity contribution in [1.82, 2.24) is 0 Å². The van der Waals surface area contributed by atoms with E-state index in [9.17, 15) is 35.9 Å². The zero-order valence-corrected chi connectivity index (χ0v) is 8.15. The summed E-state index contributed by atoms with van der Waals surface area (Å²) < 4.78 is 77.2. The molecule has 0 aliphatic rings. The Hall–Kier alpha value is -1.48. The Labute approximate surface area is 90.2 Å². The first-order chi connectivity index (χ1) is 7.33. The van der Waals surface area contributed by atoms with Gasteiger partial charge in [-0.2, -0.15) is 26.3 Å². The number of hydrogen-bond acceptors (Lipinski definition) is 3. The molecule has 0 aliphatic carbocycles. The summed E-state index contributed by atoms with van der Waals surface area (Å²) in [5.74, 6) is -4.29. The summed E-state index contributed by atoms with van der Waals surface area (Å²) in [7, 11) is 0. The van der Waals surface area contributed by atoms with Crippen LogP contribution in [0.2, 0.25) is 0 Å². The molecule has 0 spiro atoms. The second-order valence-corrected chi connectivity index (χ2v) is 2.99. The Morgan fingerprint density at radius 1 is 1.06 bits per heavy atom. The van der Waals surface area contributed by atoms with E-state index < -0.39 is 36.3 Å². The van der Waals surface area contributed by atoms with Crippen molar-refractivity contribution >= 4 is 11.9 Å². The van der Waals surface area contributed by atoms with Gasteiger partial charge in [0.2, 0.25) is 0 Å². The lowest BCUT2D eigenvalue weighted by molar-refractivity contribution is -0.369. The number of aliphatic carboxylic acids is 1. The fourth-order valence-electron chi connectivity index (χ4n) is 0.971. The Kier molecular flexibility index (Phi) is 4.03. The lowest BCUT2D eigenvalue weighted by atomic mass is 9.98. The van der Waals surface area contributed by atoms with E-state index in [2.05, 4.69) is 4.74 Å². The maximum Gasteiger partial charge on any atom is 0.438 e. The van der Waals surface area contributed by atoms with Gasteiger partial charge in [0.25, 0.3) is 0 Å². The van der Waals surface area contributed by atoms with Gasteiger partial charge < -0.3 is 9.84 Å². The van der Waals surface area contributed by atoms with Crippen LogP contribution >= 0.6 is 0 Å². The molecule has 0 aromatic heterocycles. The van der Waals surface area contributed by atoms with E-state index >= 15 is 0 Å². The fraction of sp³-hybridized carbons (Fsp3) is 0.714. The summed E-state index contributed by atoms with van der Waals surface area (Å²) in [6.45, 7) is 0.314. The summed E-state index contributed by atoms with van der Waals surface area (Å²) in [4.78, 5) is 20.4. The number of carbonyl (C=O) groups excluding carboxylic acids is 1. The highest BCUT2D eigenvalue weighted by atomic mass is 19.4. The van der Waals surface area contributed by atoms with Crippen molar-refractivity contribution < 1.29 is 45.8 Å². The van der Waals surface area contributed by atoms with Crippen LogP contribution in [0.3, 0.4) is 0 Å². The second-order valence-electron chi connectivity index (χ2n) is 2.99. The Balaban J connectivity index is 5.71. The number of carbonyl (C=O) groups is 2. The van der Waals surface area contributed by atoms with Crippen LogP contribution < -0.4 is 0 Å². The maximum absolute atomic E-state index is 12.3. The van der Waals surface area contributed by atoms with Gasteiger partial charge in [0.15, 0.2) is 0 Å². The molecule has 0 rings (SSSR count). The zero-order chi connectivity index (χ0) is 14.1. The first kappa shape index (κ1) is 15.5. The van der Waals surface area contributed by atoms with Gasteiger partial charge in [-0.05, 0) is 0 Å². The molecule has 0 aromatic carbocycles. The SMILES string of the molecule is CC(=O)OC(CC(=O)O)(C(F)(F)F)C(F)(F)F. The molecule has 0 saturated carbocycles. The van der Waals surface area contributed by atoms with Gasteiger partial charge >= 0.3 is 29.9 Å². The standard InChI is InChI=1S/C7H6F6O4/c1-3(14)17-5(2-4(15)16,6(8,9)10)7(11,12)13/h2H2,1H3,(H,15,16). The molecule has 0 unspecified atom stereocenters. The largest absolute Gasteiger partial charge is 0.481 e. The normalized spacial score (nSPS) is 13.4. The van der Waals surface area contributed by atoms with E-state index in [1.54, 1.807) is 0 Å². The minimum absolute atomic E-state index is 0.314. The van der Waals surface area contributed by atoms with Crippen LogP contribution in [0.15, 0.2) is 0 Å². The van der Waals surface area contributed by atoms with Gasteiger partial charge in [0.1, 0.15) is 6.42 Å².